The second-order valence-electron chi connectivity index (χ2n) is 5.27. The van der Waals surface area contributed by atoms with E-state index in [1.165, 1.54) is 12.1 Å². The average Bonchev–Trinajstić information content (AvgIpc) is 2.61. The number of esters is 1. The lowest BCUT2D eigenvalue weighted by Crippen LogP contribution is -2.32. The van der Waals surface area contributed by atoms with Crippen LogP contribution in [0.4, 0.5) is 0 Å². The standard InChI is InChI=1S/C19H20O4S/c1-3-23-19(20)18(14-15(2)16-10-6-4-7-11-16)24(21,22)17-12-8-5-9-13-17/h4-13,18H,2-3,14H2,1H3. The molecule has 0 N–H and O–H groups in total. The maximum atomic E-state index is 12.9. The molecule has 0 aliphatic rings. The largest absolute Gasteiger partial charge is 0.465 e. The van der Waals surface area contributed by atoms with Gasteiger partial charge in [0.1, 0.15) is 0 Å². The lowest BCUT2D eigenvalue weighted by molar-refractivity contribution is -0.142. The van der Waals surface area contributed by atoms with Gasteiger partial charge in [0.25, 0.3) is 0 Å². The molecule has 0 heterocycles. The number of ether oxygens (including phenoxy) is 1. The first-order chi connectivity index (χ1) is 11.5. The Morgan fingerprint density at radius 3 is 2.12 bits per heavy atom. The van der Waals surface area contributed by atoms with Crippen LogP contribution in [0, 0.1) is 0 Å². The van der Waals surface area contributed by atoms with Crippen LogP contribution < -0.4 is 0 Å². The lowest BCUT2D eigenvalue weighted by Gasteiger charge is -2.18. The molecule has 2 aromatic carbocycles. The maximum Gasteiger partial charge on any atom is 0.325 e. The molecule has 0 aliphatic heterocycles. The highest BCUT2D eigenvalue weighted by Crippen LogP contribution is 2.26. The van der Waals surface area contributed by atoms with Crippen molar-refractivity contribution in [1.29, 1.82) is 0 Å². The SMILES string of the molecule is C=C(CC(C(=O)OCC)S(=O)(=O)c1ccccc1)c1ccccc1. The predicted molar refractivity (Wildman–Crippen MR) is 94.1 cm³/mol. The zero-order valence-electron chi connectivity index (χ0n) is 13.5. The van der Waals surface area contributed by atoms with E-state index in [4.69, 9.17) is 4.74 Å². The smallest absolute Gasteiger partial charge is 0.325 e. The van der Waals surface area contributed by atoms with E-state index in [0.717, 1.165) is 5.56 Å². The molecule has 0 aromatic heterocycles. The molecule has 0 saturated carbocycles. The summed E-state index contributed by atoms with van der Waals surface area (Å²) in [5.41, 5.74) is 1.38. The monoisotopic (exact) mass is 344 g/mol. The molecule has 0 amide bonds. The summed E-state index contributed by atoms with van der Waals surface area (Å²) >= 11 is 0. The number of sulfone groups is 1. The molecule has 0 aliphatic carbocycles. The van der Waals surface area contributed by atoms with Crippen LogP contribution in [0.5, 0.6) is 0 Å². The van der Waals surface area contributed by atoms with Crippen molar-refractivity contribution in [2.24, 2.45) is 0 Å². The molecule has 5 heteroatoms. The third-order valence-electron chi connectivity index (χ3n) is 3.61. The molecule has 1 atom stereocenters. The van der Waals surface area contributed by atoms with Crippen LogP contribution in [0.15, 0.2) is 72.1 Å². The predicted octanol–water partition coefficient (Wildman–Crippen LogP) is 3.50. The number of hydrogen-bond donors (Lipinski definition) is 0. The molecule has 0 fully saturated rings. The Kier molecular flexibility index (Phi) is 5.93. The van der Waals surface area contributed by atoms with Crippen molar-refractivity contribution in [3.05, 3.63) is 72.8 Å². The van der Waals surface area contributed by atoms with Gasteiger partial charge >= 0.3 is 5.97 Å². The Bertz CT molecular complexity index is 796. The molecule has 0 radical (unpaired) electrons. The van der Waals surface area contributed by atoms with Gasteiger partial charge in [0.05, 0.1) is 11.5 Å². The normalized spacial score (nSPS) is 12.4. The fraction of sp³-hybridized carbons (Fsp3) is 0.211. The molecule has 4 nitrogen and oxygen atoms in total. The van der Waals surface area contributed by atoms with E-state index >= 15 is 0 Å². The van der Waals surface area contributed by atoms with E-state index in [1.54, 1.807) is 25.1 Å². The minimum atomic E-state index is -3.86. The molecule has 0 saturated heterocycles. The van der Waals surface area contributed by atoms with Crippen molar-refractivity contribution < 1.29 is 17.9 Å². The molecule has 1 unspecified atom stereocenters. The second-order valence-corrected chi connectivity index (χ2v) is 7.40. The quantitative estimate of drug-likeness (QED) is 0.721. The van der Waals surface area contributed by atoms with Crippen LogP contribution in [0.3, 0.4) is 0 Å². The topological polar surface area (TPSA) is 60.4 Å². The second kappa shape index (κ2) is 7.93. The summed E-state index contributed by atoms with van der Waals surface area (Å²) in [5, 5.41) is -1.31. The molecule has 0 spiro atoms. The van der Waals surface area contributed by atoms with Gasteiger partial charge in [-0.3, -0.25) is 4.79 Å². The highest BCUT2D eigenvalue weighted by Gasteiger charge is 2.35. The van der Waals surface area contributed by atoms with Crippen molar-refractivity contribution in [3.63, 3.8) is 0 Å². The van der Waals surface area contributed by atoms with Crippen molar-refractivity contribution >= 4 is 21.4 Å². The van der Waals surface area contributed by atoms with Crippen molar-refractivity contribution in [2.45, 2.75) is 23.5 Å². The number of benzene rings is 2. The van der Waals surface area contributed by atoms with Crippen LogP contribution in [0.2, 0.25) is 0 Å². The average molecular weight is 344 g/mol. The van der Waals surface area contributed by atoms with Crippen LogP contribution in [-0.2, 0) is 19.4 Å². The molecule has 24 heavy (non-hydrogen) atoms. The number of allylic oxidation sites excluding steroid dienone is 1. The number of rotatable bonds is 7. The minimum absolute atomic E-state index is 0.0138. The lowest BCUT2D eigenvalue weighted by atomic mass is 10.0. The third-order valence-corrected chi connectivity index (χ3v) is 5.65. The fourth-order valence-electron chi connectivity index (χ4n) is 2.34. The summed E-state index contributed by atoms with van der Waals surface area (Å²) in [6, 6.07) is 17.1. The summed E-state index contributed by atoms with van der Waals surface area (Å²) < 4.78 is 30.7. The summed E-state index contributed by atoms with van der Waals surface area (Å²) in [4.78, 5) is 12.4. The first kappa shape index (κ1) is 17.9. The summed E-state index contributed by atoms with van der Waals surface area (Å²) in [6.07, 6.45) is -0.0138. The minimum Gasteiger partial charge on any atom is -0.465 e. The van der Waals surface area contributed by atoms with Gasteiger partial charge in [-0.25, -0.2) is 8.42 Å². The van der Waals surface area contributed by atoms with Crippen molar-refractivity contribution in [2.75, 3.05) is 6.61 Å². The number of carbonyl (C=O) groups excluding carboxylic acids is 1. The summed E-state index contributed by atoms with van der Waals surface area (Å²) in [5.74, 6) is -0.751. The Morgan fingerprint density at radius 2 is 1.58 bits per heavy atom. The summed E-state index contributed by atoms with van der Waals surface area (Å²) in [7, 11) is -3.86. The highest BCUT2D eigenvalue weighted by atomic mass is 32.2. The molecular weight excluding hydrogens is 324 g/mol. The Hall–Kier alpha value is -2.40. The number of hydrogen-bond acceptors (Lipinski definition) is 4. The van der Waals surface area contributed by atoms with E-state index in [9.17, 15) is 13.2 Å². The van der Waals surface area contributed by atoms with E-state index in [0.29, 0.717) is 5.57 Å². The van der Waals surface area contributed by atoms with Gasteiger partial charge in [-0.05, 0) is 30.2 Å². The first-order valence-corrected chi connectivity index (χ1v) is 9.20. The van der Waals surface area contributed by atoms with Gasteiger partial charge < -0.3 is 4.74 Å². The van der Waals surface area contributed by atoms with Crippen LogP contribution >= 0.6 is 0 Å². The Labute approximate surface area is 142 Å². The van der Waals surface area contributed by atoms with Gasteiger partial charge in [0.15, 0.2) is 15.1 Å². The molecular formula is C19H20O4S. The Morgan fingerprint density at radius 1 is 1.04 bits per heavy atom. The van der Waals surface area contributed by atoms with Crippen molar-refractivity contribution in [1.82, 2.24) is 0 Å². The van der Waals surface area contributed by atoms with Crippen LogP contribution in [-0.4, -0.2) is 26.2 Å². The van der Waals surface area contributed by atoms with Gasteiger partial charge in [0.2, 0.25) is 0 Å². The highest BCUT2D eigenvalue weighted by molar-refractivity contribution is 7.92. The fourth-order valence-corrected chi connectivity index (χ4v) is 3.95. The van der Waals surface area contributed by atoms with E-state index in [1.807, 2.05) is 30.3 Å². The molecule has 2 rings (SSSR count). The Balaban J connectivity index is 2.35. The van der Waals surface area contributed by atoms with Gasteiger partial charge in [0, 0.05) is 6.42 Å². The van der Waals surface area contributed by atoms with Gasteiger partial charge in [-0.1, -0.05) is 55.1 Å². The van der Waals surface area contributed by atoms with Crippen LogP contribution in [0.1, 0.15) is 18.9 Å². The number of carbonyl (C=O) groups is 1. The van der Waals surface area contributed by atoms with Gasteiger partial charge in [-0.15, -0.1) is 0 Å². The van der Waals surface area contributed by atoms with E-state index in [-0.39, 0.29) is 17.9 Å². The molecule has 126 valence electrons. The first-order valence-electron chi connectivity index (χ1n) is 7.65. The zero-order valence-corrected chi connectivity index (χ0v) is 14.3. The molecule has 2 aromatic rings. The van der Waals surface area contributed by atoms with Crippen LogP contribution in [0.25, 0.3) is 5.57 Å². The maximum absolute atomic E-state index is 12.9. The third kappa shape index (κ3) is 4.11. The van der Waals surface area contributed by atoms with E-state index in [2.05, 4.69) is 6.58 Å². The van der Waals surface area contributed by atoms with Crippen molar-refractivity contribution in [3.8, 4) is 0 Å². The van der Waals surface area contributed by atoms with Gasteiger partial charge in [-0.2, -0.15) is 0 Å². The summed E-state index contributed by atoms with van der Waals surface area (Å²) in [6.45, 7) is 5.71. The molecule has 0 bridgehead atoms. The van der Waals surface area contributed by atoms with E-state index < -0.39 is 21.1 Å². The zero-order chi connectivity index (χ0) is 17.6.